The third-order valence-electron chi connectivity index (χ3n) is 6.43. The summed E-state index contributed by atoms with van der Waals surface area (Å²) >= 11 is 0. The van der Waals surface area contributed by atoms with Gasteiger partial charge in [0.05, 0.1) is 11.8 Å². The molecule has 3 aromatic carbocycles. The molecule has 162 valence electrons. The zero-order valence-corrected chi connectivity index (χ0v) is 17.4. The van der Waals surface area contributed by atoms with Crippen LogP contribution in [0.1, 0.15) is 18.4 Å². The number of esters is 1. The summed E-state index contributed by atoms with van der Waals surface area (Å²) in [7, 11) is 0. The molecule has 1 saturated carbocycles. The minimum Gasteiger partial charge on any atom is -0.481 e. The maximum Gasteiger partial charge on any atom is 0.315 e. The highest BCUT2D eigenvalue weighted by molar-refractivity contribution is 5.85. The lowest BCUT2D eigenvalue weighted by Crippen LogP contribution is -2.52. The highest BCUT2D eigenvalue weighted by atomic mass is 16.7. The van der Waals surface area contributed by atoms with Crippen molar-refractivity contribution in [3.8, 4) is 28.4 Å². The smallest absolute Gasteiger partial charge is 0.315 e. The zero-order chi connectivity index (χ0) is 22.2. The van der Waals surface area contributed by atoms with Gasteiger partial charge in [-0.2, -0.15) is 0 Å². The lowest BCUT2D eigenvalue weighted by molar-refractivity contribution is -0.162. The molecule has 3 aromatic rings. The van der Waals surface area contributed by atoms with Crippen molar-refractivity contribution in [3.63, 3.8) is 0 Å². The highest BCUT2D eigenvalue weighted by Gasteiger charge is 2.56. The lowest BCUT2D eigenvalue weighted by Gasteiger charge is -2.47. The third kappa shape index (κ3) is 3.38. The van der Waals surface area contributed by atoms with Crippen LogP contribution < -0.4 is 14.2 Å². The molecule has 0 amide bonds. The number of fused-ring (bicyclic) bond motifs is 1. The van der Waals surface area contributed by atoms with Crippen molar-refractivity contribution in [3.05, 3.63) is 78.4 Å². The quantitative estimate of drug-likeness (QED) is 0.465. The first kappa shape index (κ1) is 20.1. The summed E-state index contributed by atoms with van der Waals surface area (Å²) in [4.78, 5) is 25.1. The van der Waals surface area contributed by atoms with Crippen molar-refractivity contribution in [2.75, 3.05) is 6.79 Å². The summed E-state index contributed by atoms with van der Waals surface area (Å²) in [5.74, 6) is -1.48. The molecule has 1 heterocycles. The number of aliphatic carboxylic acids is 1. The monoisotopic (exact) mass is 430 g/mol. The number of benzene rings is 3. The molecule has 0 saturated heterocycles. The second-order valence-corrected chi connectivity index (χ2v) is 8.17. The summed E-state index contributed by atoms with van der Waals surface area (Å²) in [6.07, 6.45) is 0. The summed E-state index contributed by atoms with van der Waals surface area (Å²) < 4.78 is 16.7. The van der Waals surface area contributed by atoms with Crippen LogP contribution in [0.5, 0.6) is 17.2 Å². The number of hydrogen-bond donors (Lipinski definition) is 1. The van der Waals surface area contributed by atoms with Gasteiger partial charge in [0.25, 0.3) is 0 Å². The molecule has 32 heavy (non-hydrogen) atoms. The summed E-state index contributed by atoms with van der Waals surface area (Å²) in [5.41, 5.74) is 2.42. The summed E-state index contributed by atoms with van der Waals surface area (Å²) in [5, 5.41) is 9.72. The predicted molar refractivity (Wildman–Crippen MR) is 117 cm³/mol. The van der Waals surface area contributed by atoms with Crippen molar-refractivity contribution >= 4 is 11.9 Å². The summed E-state index contributed by atoms with van der Waals surface area (Å²) in [6.45, 7) is 1.98. The molecule has 2 aliphatic rings. The van der Waals surface area contributed by atoms with E-state index in [-0.39, 0.29) is 12.7 Å². The fourth-order valence-corrected chi connectivity index (χ4v) is 4.82. The molecule has 1 fully saturated rings. The van der Waals surface area contributed by atoms with E-state index in [1.165, 1.54) is 0 Å². The van der Waals surface area contributed by atoms with Gasteiger partial charge in [0.1, 0.15) is 5.75 Å². The van der Waals surface area contributed by atoms with Crippen molar-refractivity contribution in [2.45, 2.75) is 12.8 Å². The normalized spacial score (nSPS) is 23.3. The Hall–Kier alpha value is -3.80. The highest BCUT2D eigenvalue weighted by Crippen LogP contribution is 2.53. The Labute approximate surface area is 185 Å². The van der Waals surface area contributed by atoms with E-state index >= 15 is 0 Å². The number of ether oxygens (including phenoxy) is 3. The molecular weight excluding hydrogens is 408 g/mol. The molecule has 1 N–H and O–H groups in total. The second-order valence-electron chi connectivity index (χ2n) is 8.17. The Morgan fingerprint density at radius 2 is 1.62 bits per heavy atom. The van der Waals surface area contributed by atoms with Crippen molar-refractivity contribution < 1.29 is 28.9 Å². The number of para-hydroxylation sites is 1. The topological polar surface area (TPSA) is 82.1 Å². The standard InChI is InChI=1S/C26H22O6/c1-15-22(25(27)28)24(16-7-3-2-4-8-16)23(15)26(29)32-19-10-6-5-9-18(19)17-11-12-20-21(13-17)31-14-30-20/h2-13,15,22-24H,14H2,1H3,(H,27,28)/t15-,22?,23-,24?/m1/s1. The summed E-state index contributed by atoms with van der Waals surface area (Å²) in [6, 6.07) is 22.2. The van der Waals surface area contributed by atoms with Gasteiger partial charge < -0.3 is 19.3 Å². The van der Waals surface area contributed by atoms with Crippen LogP contribution >= 0.6 is 0 Å². The van der Waals surface area contributed by atoms with Gasteiger partial charge in [0.2, 0.25) is 6.79 Å². The Morgan fingerprint density at radius 3 is 2.41 bits per heavy atom. The fraction of sp³-hybridized carbons (Fsp3) is 0.231. The third-order valence-corrected chi connectivity index (χ3v) is 6.43. The number of carbonyl (C=O) groups excluding carboxylic acids is 1. The first-order valence-corrected chi connectivity index (χ1v) is 10.5. The number of carbonyl (C=O) groups is 2. The van der Waals surface area contributed by atoms with E-state index in [1.54, 1.807) is 19.1 Å². The average molecular weight is 430 g/mol. The molecule has 0 aromatic heterocycles. The molecule has 6 heteroatoms. The first-order valence-electron chi connectivity index (χ1n) is 10.5. The van der Waals surface area contributed by atoms with Gasteiger partial charge in [-0.3, -0.25) is 9.59 Å². The Balaban J connectivity index is 1.43. The molecule has 6 nitrogen and oxygen atoms in total. The SMILES string of the molecule is C[C@@H]1C(C(=O)O)C(c2ccccc2)[C@@H]1C(=O)Oc1ccccc1-c1ccc2c(c1)OCO2. The van der Waals surface area contributed by atoms with Crippen LogP contribution in [0.15, 0.2) is 72.8 Å². The molecule has 0 bridgehead atoms. The Bertz CT molecular complexity index is 1170. The van der Waals surface area contributed by atoms with Crippen LogP contribution in [0.4, 0.5) is 0 Å². The molecule has 1 aliphatic carbocycles. The van der Waals surface area contributed by atoms with E-state index in [0.717, 1.165) is 16.7 Å². The maximum atomic E-state index is 13.3. The van der Waals surface area contributed by atoms with Gasteiger partial charge in [-0.25, -0.2) is 0 Å². The van der Waals surface area contributed by atoms with E-state index in [0.29, 0.717) is 17.2 Å². The van der Waals surface area contributed by atoms with Gasteiger partial charge in [-0.15, -0.1) is 0 Å². The van der Waals surface area contributed by atoms with Crippen molar-refractivity contribution in [1.82, 2.24) is 0 Å². The number of carboxylic acid groups (broad SMARTS) is 1. The van der Waals surface area contributed by atoms with Gasteiger partial charge in [0.15, 0.2) is 11.5 Å². The van der Waals surface area contributed by atoms with Crippen LogP contribution in [0.3, 0.4) is 0 Å². The molecule has 4 atom stereocenters. The van der Waals surface area contributed by atoms with E-state index < -0.39 is 29.7 Å². The molecule has 5 rings (SSSR count). The molecule has 0 radical (unpaired) electrons. The minimum absolute atomic E-state index is 0.181. The number of rotatable bonds is 5. The van der Waals surface area contributed by atoms with Crippen LogP contribution in [0, 0.1) is 17.8 Å². The molecule has 2 unspecified atom stereocenters. The van der Waals surface area contributed by atoms with Crippen LogP contribution in [-0.4, -0.2) is 23.8 Å². The van der Waals surface area contributed by atoms with Crippen molar-refractivity contribution in [2.24, 2.45) is 17.8 Å². The van der Waals surface area contributed by atoms with Crippen molar-refractivity contribution in [1.29, 1.82) is 0 Å². The molecule has 1 aliphatic heterocycles. The molecular formula is C26H22O6. The van der Waals surface area contributed by atoms with Crippen LogP contribution in [0.2, 0.25) is 0 Å². The van der Waals surface area contributed by atoms with E-state index in [1.807, 2.05) is 60.7 Å². The fourth-order valence-electron chi connectivity index (χ4n) is 4.82. The number of carboxylic acids is 1. The maximum absolute atomic E-state index is 13.3. The molecule has 0 spiro atoms. The predicted octanol–water partition coefficient (Wildman–Crippen LogP) is 4.74. The average Bonchev–Trinajstić information content (AvgIpc) is 3.26. The second kappa shape index (κ2) is 8.04. The van der Waals surface area contributed by atoms with E-state index in [4.69, 9.17) is 14.2 Å². The van der Waals surface area contributed by atoms with Gasteiger partial charge >= 0.3 is 11.9 Å². The lowest BCUT2D eigenvalue weighted by atomic mass is 9.55. The Kier molecular flexibility index (Phi) is 5.05. The Morgan fingerprint density at radius 1 is 0.906 bits per heavy atom. The zero-order valence-electron chi connectivity index (χ0n) is 17.4. The van der Waals surface area contributed by atoms with Gasteiger partial charge in [0, 0.05) is 11.5 Å². The van der Waals surface area contributed by atoms with Gasteiger partial charge in [-0.1, -0.05) is 61.5 Å². The van der Waals surface area contributed by atoms with Crippen LogP contribution in [0.25, 0.3) is 11.1 Å². The van der Waals surface area contributed by atoms with E-state index in [9.17, 15) is 14.7 Å². The van der Waals surface area contributed by atoms with Gasteiger partial charge in [-0.05, 0) is 35.2 Å². The number of hydrogen-bond acceptors (Lipinski definition) is 5. The van der Waals surface area contributed by atoms with Crippen LogP contribution in [-0.2, 0) is 9.59 Å². The largest absolute Gasteiger partial charge is 0.481 e. The minimum atomic E-state index is -0.892. The van der Waals surface area contributed by atoms with E-state index in [2.05, 4.69) is 0 Å². The first-order chi connectivity index (χ1) is 15.5.